The highest BCUT2D eigenvalue weighted by Crippen LogP contribution is 2.20. The van der Waals surface area contributed by atoms with Crippen molar-refractivity contribution in [3.05, 3.63) is 41.7 Å². The van der Waals surface area contributed by atoms with Gasteiger partial charge in [-0.05, 0) is 19.4 Å². The Morgan fingerprint density at radius 1 is 1.39 bits per heavy atom. The van der Waals surface area contributed by atoms with Crippen LogP contribution in [-0.4, -0.2) is 32.0 Å². The molecular formula is C16H17N5OS. The van der Waals surface area contributed by atoms with Crippen molar-refractivity contribution in [2.24, 2.45) is 5.92 Å². The number of nitriles is 1. The van der Waals surface area contributed by atoms with Crippen LogP contribution in [0.15, 0.2) is 35.5 Å². The summed E-state index contributed by atoms with van der Waals surface area (Å²) in [6.45, 7) is 3.96. The molecule has 0 amide bonds. The van der Waals surface area contributed by atoms with Gasteiger partial charge in [0.25, 0.3) is 0 Å². The molecule has 0 aliphatic rings. The molecule has 23 heavy (non-hydrogen) atoms. The Bertz CT molecular complexity index is 748. The van der Waals surface area contributed by atoms with Crippen molar-refractivity contribution in [1.82, 2.24) is 14.8 Å². The molecule has 2 aromatic rings. The molecular weight excluding hydrogens is 310 g/mol. The quantitative estimate of drug-likeness (QED) is 0.622. The van der Waals surface area contributed by atoms with Gasteiger partial charge in [0.05, 0.1) is 18.4 Å². The third-order valence-electron chi connectivity index (χ3n) is 3.31. The maximum absolute atomic E-state index is 12.0. The van der Waals surface area contributed by atoms with Gasteiger partial charge in [-0.3, -0.25) is 4.79 Å². The number of Topliss-reactive ketones (excluding diaryl/α,β-unsaturated/α-hetero) is 1. The highest BCUT2D eigenvalue weighted by molar-refractivity contribution is 7.99. The predicted octanol–water partition coefficient (Wildman–Crippen LogP) is 2.48. The van der Waals surface area contributed by atoms with Crippen LogP contribution in [0.3, 0.4) is 0 Å². The van der Waals surface area contributed by atoms with Gasteiger partial charge in [-0.25, -0.2) is 0 Å². The number of rotatable bonds is 7. The van der Waals surface area contributed by atoms with Crippen LogP contribution in [0.4, 0.5) is 0 Å². The second-order valence-corrected chi connectivity index (χ2v) is 6.04. The van der Waals surface area contributed by atoms with Crippen LogP contribution in [-0.2, 0) is 11.3 Å². The van der Waals surface area contributed by atoms with Crippen LogP contribution in [0.5, 0.6) is 0 Å². The number of nitrogens with one attached hydrogen (secondary N) is 1. The van der Waals surface area contributed by atoms with Crippen molar-refractivity contribution < 1.29 is 4.79 Å². The third kappa shape index (κ3) is 4.27. The lowest BCUT2D eigenvalue weighted by Gasteiger charge is -2.09. The Morgan fingerprint density at radius 3 is 2.70 bits per heavy atom. The Balaban J connectivity index is 2.09. The van der Waals surface area contributed by atoms with Crippen molar-refractivity contribution in [2.75, 3.05) is 5.75 Å². The molecule has 6 nitrogen and oxygen atoms in total. The molecule has 118 valence electrons. The Hall–Kier alpha value is -2.46. The standard InChI is InChI=1S/C16H17N5OS/c1-11(18)14(8-17)15(22)10-23-16-20-19-12(2)21(16)9-13-6-4-3-5-7-13/h3-7,14,18H,9-10H2,1-2H3/t14-/m1/s1. The van der Waals surface area contributed by atoms with Gasteiger partial charge in [-0.15, -0.1) is 10.2 Å². The van der Waals surface area contributed by atoms with Crippen molar-refractivity contribution in [3.8, 4) is 6.07 Å². The summed E-state index contributed by atoms with van der Waals surface area (Å²) < 4.78 is 1.94. The van der Waals surface area contributed by atoms with Gasteiger partial charge < -0.3 is 9.98 Å². The van der Waals surface area contributed by atoms with Crippen LogP contribution in [0.2, 0.25) is 0 Å². The highest BCUT2D eigenvalue weighted by atomic mass is 32.2. The van der Waals surface area contributed by atoms with E-state index >= 15 is 0 Å². The number of carbonyl (C=O) groups is 1. The van der Waals surface area contributed by atoms with Crippen molar-refractivity contribution in [2.45, 2.75) is 25.5 Å². The Kier molecular flexibility index (Phi) is 5.66. The first-order chi connectivity index (χ1) is 11.0. The fourth-order valence-corrected chi connectivity index (χ4v) is 2.93. The Morgan fingerprint density at radius 2 is 2.09 bits per heavy atom. The molecule has 1 aromatic heterocycles. The van der Waals surface area contributed by atoms with E-state index in [1.165, 1.54) is 18.7 Å². The minimum Gasteiger partial charge on any atom is -0.308 e. The van der Waals surface area contributed by atoms with Crippen LogP contribution in [0, 0.1) is 29.6 Å². The summed E-state index contributed by atoms with van der Waals surface area (Å²) in [4.78, 5) is 12.0. The maximum Gasteiger partial charge on any atom is 0.191 e. The number of hydrogen-bond donors (Lipinski definition) is 1. The van der Waals surface area contributed by atoms with Crippen LogP contribution in [0.25, 0.3) is 0 Å². The zero-order chi connectivity index (χ0) is 16.8. The van der Waals surface area contributed by atoms with Crippen LogP contribution in [0.1, 0.15) is 18.3 Å². The zero-order valence-electron chi connectivity index (χ0n) is 13.0. The van der Waals surface area contributed by atoms with E-state index in [-0.39, 0.29) is 17.2 Å². The molecule has 0 aliphatic carbocycles. The molecule has 1 aromatic carbocycles. The summed E-state index contributed by atoms with van der Waals surface area (Å²) in [6, 6.07) is 11.8. The molecule has 7 heteroatoms. The van der Waals surface area contributed by atoms with Crippen LogP contribution < -0.4 is 0 Å². The van der Waals surface area contributed by atoms with Gasteiger partial charge in [-0.1, -0.05) is 42.1 Å². The number of carbonyl (C=O) groups excluding carboxylic acids is 1. The highest BCUT2D eigenvalue weighted by Gasteiger charge is 2.21. The van der Waals surface area contributed by atoms with Crippen LogP contribution >= 0.6 is 11.8 Å². The number of nitrogens with zero attached hydrogens (tertiary/aromatic N) is 4. The minimum atomic E-state index is -0.978. The lowest BCUT2D eigenvalue weighted by molar-refractivity contribution is -0.117. The number of thioether (sulfide) groups is 1. The molecule has 1 heterocycles. The monoisotopic (exact) mass is 327 g/mol. The number of ketones is 1. The minimum absolute atomic E-state index is 0.0695. The first-order valence-corrected chi connectivity index (χ1v) is 8.05. The van der Waals surface area contributed by atoms with Gasteiger partial charge >= 0.3 is 0 Å². The van der Waals surface area contributed by atoms with E-state index in [0.717, 1.165) is 11.4 Å². The number of hydrogen-bond acceptors (Lipinski definition) is 6. The largest absolute Gasteiger partial charge is 0.308 e. The fraction of sp³-hybridized carbons (Fsp3) is 0.312. The second-order valence-electron chi connectivity index (χ2n) is 5.10. The first kappa shape index (κ1) is 16.9. The molecule has 0 spiro atoms. The summed E-state index contributed by atoms with van der Waals surface area (Å²) in [5.41, 5.74) is 1.19. The second kappa shape index (κ2) is 7.70. The van der Waals surface area contributed by atoms with Gasteiger partial charge in [0, 0.05) is 5.71 Å². The van der Waals surface area contributed by atoms with E-state index in [1.54, 1.807) is 0 Å². The van der Waals surface area contributed by atoms with E-state index in [1.807, 2.05) is 47.9 Å². The predicted molar refractivity (Wildman–Crippen MR) is 88.5 cm³/mol. The van der Waals surface area contributed by atoms with E-state index in [4.69, 9.17) is 10.7 Å². The fourth-order valence-electron chi connectivity index (χ4n) is 2.05. The topological polar surface area (TPSA) is 95.4 Å². The van der Waals surface area contributed by atoms with E-state index < -0.39 is 5.92 Å². The van der Waals surface area contributed by atoms with E-state index in [9.17, 15) is 4.79 Å². The molecule has 1 N–H and O–H groups in total. The molecule has 0 unspecified atom stereocenters. The molecule has 1 atom stereocenters. The smallest absolute Gasteiger partial charge is 0.191 e. The number of benzene rings is 1. The van der Waals surface area contributed by atoms with Gasteiger partial charge in [0.1, 0.15) is 11.7 Å². The molecule has 0 saturated heterocycles. The molecule has 0 fully saturated rings. The summed E-state index contributed by atoms with van der Waals surface area (Å²) in [7, 11) is 0. The third-order valence-corrected chi connectivity index (χ3v) is 4.30. The summed E-state index contributed by atoms with van der Waals surface area (Å²) in [5.74, 6) is -0.392. The Labute approximate surface area is 139 Å². The molecule has 2 rings (SSSR count). The normalized spacial score (nSPS) is 11.7. The van der Waals surface area contributed by atoms with E-state index in [0.29, 0.717) is 11.7 Å². The van der Waals surface area contributed by atoms with Gasteiger partial charge in [0.15, 0.2) is 10.9 Å². The number of aromatic nitrogens is 3. The summed E-state index contributed by atoms with van der Waals surface area (Å²) in [6.07, 6.45) is 0. The van der Waals surface area contributed by atoms with Crippen molar-refractivity contribution in [1.29, 1.82) is 10.7 Å². The lowest BCUT2D eigenvalue weighted by Crippen LogP contribution is -2.21. The van der Waals surface area contributed by atoms with Crippen molar-refractivity contribution in [3.63, 3.8) is 0 Å². The van der Waals surface area contributed by atoms with Gasteiger partial charge in [0.2, 0.25) is 0 Å². The molecule has 0 radical (unpaired) electrons. The van der Waals surface area contributed by atoms with E-state index in [2.05, 4.69) is 10.2 Å². The summed E-state index contributed by atoms with van der Waals surface area (Å²) >= 11 is 1.25. The molecule has 0 aliphatic heterocycles. The lowest BCUT2D eigenvalue weighted by atomic mass is 10.0. The SMILES string of the molecule is CC(=N)[C@@H](C#N)C(=O)CSc1nnc(C)n1Cc1ccccc1. The first-order valence-electron chi connectivity index (χ1n) is 7.07. The van der Waals surface area contributed by atoms with Crippen molar-refractivity contribution >= 4 is 23.3 Å². The zero-order valence-corrected chi connectivity index (χ0v) is 13.8. The van der Waals surface area contributed by atoms with Gasteiger partial charge in [-0.2, -0.15) is 5.26 Å². The number of aryl methyl sites for hydroxylation is 1. The summed E-state index contributed by atoms with van der Waals surface area (Å²) in [5, 5.41) is 25.2. The molecule has 0 saturated carbocycles. The average Bonchev–Trinajstić information content (AvgIpc) is 2.87. The molecule has 0 bridgehead atoms. The average molecular weight is 327 g/mol. The maximum atomic E-state index is 12.0.